The summed E-state index contributed by atoms with van der Waals surface area (Å²) < 4.78 is 5.17. The lowest BCUT2D eigenvalue weighted by atomic mass is 9.97. The number of aliphatic carboxylic acids is 1. The zero-order valence-electron chi connectivity index (χ0n) is 14.1. The molecular weight excluding hydrogens is 318 g/mol. The molecule has 25 heavy (non-hydrogen) atoms. The van der Waals surface area contributed by atoms with Crippen molar-refractivity contribution in [1.29, 1.82) is 0 Å². The number of rotatable bonds is 5. The minimum Gasteiger partial charge on any atom is -0.482 e. The fraction of sp³-hybridized carbons (Fsp3) is 0.300. The van der Waals surface area contributed by atoms with Crippen molar-refractivity contribution in [2.45, 2.75) is 25.3 Å². The first-order valence-electron chi connectivity index (χ1n) is 8.35. The third-order valence-corrected chi connectivity index (χ3v) is 4.55. The minimum absolute atomic E-state index is 0.0493. The van der Waals surface area contributed by atoms with Crippen molar-refractivity contribution in [2.24, 2.45) is 0 Å². The maximum absolute atomic E-state index is 12.9. The Hall–Kier alpha value is -2.82. The van der Waals surface area contributed by atoms with Crippen molar-refractivity contribution >= 4 is 11.9 Å². The Morgan fingerprint density at radius 3 is 2.64 bits per heavy atom. The SMILES string of the molecule is CC1CC(c2ccccc2)CN1C(=O)c1cccc(OCC(=O)O)c1. The van der Waals surface area contributed by atoms with Crippen molar-refractivity contribution < 1.29 is 19.4 Å². The van der Waals surface area contributed by atoms with Crippen molar-refractivity contribution in [1.82, 2.24) is 4.90 Å². The Balaban J connectivity index is 1.72. The molecule has 2 unspecified atom stereocenters. The number of nitrogens with zero attached hydrogens (tertiary/aromatic N) is 1. The number of ether oxygens (including phenoxy) is 1. The summed E-state index contributed by atoms with van der Waals surface area (Å²) in [5.41, 5.74) is 1.77. The van der Waals surface area contributed by atoms with Gasteiger partial charge in [0.15, 0.2) is 6.61 Å². The normalized spacial score (nSPS) is 19.6. The highest BCUT2D eigenvalue weighted by Gasteiger charge is 2.33. The van der Waals surface area contributed by atoms with Gasteiger partial charge in [0.25, 0.3) is 5.91 Å². The molecule has 5 heteroatoms. The zero-order chi connectivity index (χ0) is 17.8. The van der Waals surface area contributed by atoms with Crippen LogP contribution in [-0.4, -0.2) is 41.1 Å². The molecule has 2 aromatic carbocycles. The third-order valence-electron chi connectivity index (χ3n) is 4.55. The Kier molecular flexibility index (Phi) is 5.03. The van der Waals surface area contributed by atoms with Crippen LogP contribution in [-0.2, 0) is 4.79 Å². The fourth-order valence-electron chi connectivity index (χ4n) is 3.31. The summed E-state index contributed by atoms with van der Waals surface area (Å²) in [4.78, 5) is 25.4. The van der Waals surface area contributed by atoms with Gasteiger partial charge in [0.05, 0.1) is 0 Å². The number of carboxylic acid groups (broad SMARTS) is 1. The van der Waals surface area contributed by atoms with Gasteiger partial charge in [0, 0.05) is 24.1 Å². The predicted octanol–water partition coefficient (Wildman–Crippen LogP) is 3.17. The molecule has 130 valence electrons. The maximum atomic E-state index is 12.9. The zero-order valence-corrected chi connectivity index (χ0v) is 14.1. The Labute approximate surface area is 146 Å². The monoisotopic (exact) mass is 339 g/mol. The molecule has 2 aromatic rings. The summed E-state index contributed by atoms with van der Waals surface area (Å²) in [6, 6.07) is 17.1. The maximum Gasteiger partial charge on any atom is 0.341 e. The molecule has 0 bridgehead atoms. The fourth-order valence-corrected chi connectivity index (χ4v) is 3.31. The highest BCUT2D eigenvalue weighted by molar-refractivity contribution is 5.95. The third kappa shape index (κ3) is 3.99. The standard InChI is InChI=1S/C20H21NO4/c1-14-10-17(15-6-3-2-4-7-15)12-21(14)20(24)16-8-5-9-18(11-16)25-13-19(22)23/h2-9,11,14,17H,10,12-13H2,1H3,(H,22,23). The second kappa shape index (κ2) is 7.38. The Morgan fingerprint density at radius 1 is 1.16 bits per heavy atom. The quantitative estimate of drug-likeness (QED) is 0.908. The lowest BCUT2D eigenvalue weighted by Gasteiger charge is -2.22. The van der Waals surface area contributed by atoms with E-state index >= 15 is 0 Å². The molecule has 3 rings (SSSR count). The molecular formula is C20H21NO4. The van der Waals surface area contributed by atoms with E-state index in [0.29, 0.717) is 23.8 Å². The van der Waals surface area contributed by atoms with E-state index in [4.69, 9.17) is 9.84 Å². The van der Waals surface area contributed by atoms with Crippen molar-refractivity contribution in [3.05, 3.63) is 65.7 Å². The van der Waals surface area contributed by atoms with Crippen LogP contribution in [0.3, 0.4) is 0 Å². The van der Waals surface area contributed by atoms with Gasteiger partial charge < -0.3 is 14.7 Å². The summed E-state index contributed by atoms with van der Waals surface area (Å²) in [5.74, 6) is -0.367. The van der Waals surface area contributed by atoms with Crippen molar-refractivity contribution in [3.8, 4) is 5.75 Å². The van der Waals surface area contributed by atoms with Gasteiger partial charge in [-0.15, -0.1) is 0 Å². The molecule has 1 N–H and O–H groups in total. The average Bonchev–Trinajstić information content (AvgIpc) is 3.02. The van der Waals surface area contributed by atoms with Crippen LogP contribution in [0, 0.1) is 0 Å². The Morgan fingerprint density at radius 2 is 1.92 bits per heavy atom. The highest BCUT2D eigenvalue weighted by atomic mass is 16.5. The highest BCUT2D eigenvalue weighted by Crippen LogP contribution is 2.32. The first kappa shape index (κ1) is 17.0. The van der Waals surface area contributed by atoms with E-state index in [1.807, 2.05) is 23.1 Å². The van der Waals surface area contributed by atoms with Crippen LogP contribution in [0.25, 0.3) is 0 Å². The van der Waals surface area contributed by atoms with Gasteiger partial charge >= 0.3 is 5.97 Å². The molecule has 0 aliphatic carbocycles. The number of carbonyl (C=O) groups is 2. The van der Waals surface area contributed by atoms with Gasteiger partial charge in [0.1, 0.15) is 5.75 Å². The number of hydrogen-bond donors (Lipinski definition) is 1. The molecule has 5 nitrogen and oxygen atoms in total. The van der Waals surface area contributed by atoms with Crippen LogP contribution in [0.2, 0.25) is 0 Å². The molecule has 1 aliphatic rings. The molecule has 1 amide bonds. The summed E-state index contributed by atoms with van der Waals surface area (Å²) in [5, 5.41) is 8.70. The largest absolute Gasteiger partial charge is 0.482 e. The summed E-state index contributed by atoms with van der Waals surface area (Å²) in [6.07, 6.45) is 0.935. The molecule has 1 fully saturated rings. The number of amides is 1. The van der Waals surface area contributed by atoms with E-state index < -0.39 is 12.6 Å². The van der Waals surface area contributed by atoms with Crippen LogP contribution in [0.4, 0.5) is 0 Å². The van der Waals surface area contributed by atoms with E-state index in [1.165, 1.54) is 5.56 Å². The van der Waals surface area contributed by atoms with Gasteiger partial charge in [-0.05, 0) is 37.1 Å². The van der Waals surface area contributed by atoms with Crippen molar-refractivity contribution in [3.63, 3.8) is 0 Å². The first-order chi connectivity index (χ1) is 12.0. The number of hydrogen-bond acceptors (Lipinski definition) is 3. The number of carbonyl (C=O) groups excluding carboxylic acids is 1. The Bertz CT molecular complexity index is 759. The minimum atomic E-state index is -1.05. The molecule has 0 aromatic heterocycles. The van der Waals surface area contributed by atoms with Gasteiger partial charge in [-0.2, -0.15) is 0 Å². The molecule has 1 aliphatic heterocycles. The first-order valence-corrected chi connectivity index (χ1v) is 8.35. The van der Waals surface area contributed by atoms with Crippen LogP contribution in [0.15, 0.2) is 54.6 Å². The lowest BCUT2D eigenvalue weighted by molar-refractivity contribution is -0.139. The van der Waals surface area contributed by atoms with E-state index in [1.54, 1.807) is 24.3 Å². The van der Waals surface area contributed by atoms with Gasteiger partial charge in [-0.3, -0.25) is 4.79 Å². The molecule has 0 saturated carbocycles. The second-order valence-electron chi connectivity index (χ2n) is 6.36. The van der Waals surface area contributed by atoms with Crippen LogP contribution in [0.5, 0.6) is 5.75 Å². The van der Waals surface area contributed by atoms with Gasteiger partial charge in [-0.1, -0.05) is 36.4 Å². The number of benzene rings is 2. The van der Waals surface area contributed by atoms with Gasteiger partial charge in [-0.25, -0.2) is 4.79 Å². The average molecular weight is 339 g/mol. The topological polar surface area (TPSA) is 66.8 Å². The number of likely N-dealkylation sites (tertiary alicyclic amines) is 1. The molecule has 1 heterocycles. The summed E-state index contributed by atoms with van der Waals surface area (Å²) in [7, 11) is 0. The van der Waals surface area contributed by atoms with Gasteiger partial charge in [0.2, 0.25) is 0 Å². The molecule has 2 atom stereocenters. The van der Waals surface area contributed by atoms with Crippen LogP contribution in [0.1, 0.15) is 35.2 Å². The van der Waals surface area contributed by atoms with Crippen LogP contribution < -0.4 is 4.74 Å². The van der Waals surface area contributed by atoms with Crippen LogP contribution >= 0.6 is 0 Å². The predicted molar refractivity (Wildman–Crippen MR) is 93.9 cm³/mol. The molecule has 1 saturated heterocycles. The smallest absolute Gasteiger partial charge is 0.341 e. The van der Waals surface area contributed by atoms with Crippen molar-refractivity contribution in [2.75, 3.05) is 13.2 Å². The van der Waals surface area contributed by atoms with E-state index in [0.717, 1.165) is 6.42 Å². The molecule has 0 radical (unpaired) electrons. The van der Waals surface area contributed by atoms with E-state index in [2.05, 4.69) is 19.1 Å². The lowest BCUT2D eigenvalue weighted by Crippen LogP contribution is -2.33. The summed E-state index contributed by atoms with van der Waals surface area (Å²) in [6.45, 7) is 2.32. The van der Waals surface area contributed by atoms with E-state index in [9.17, 15) is 9.59 Å². The molecule has 0 spiro atoms. The number of carboxylic acids is 1. The second-order valence-corrected chi connectivity index (χ2v) is 6.36. The van der Waals surface area contributed by atoms with E-state index in [-0.39, 0.29) is 11.9 Å². The summed E-state index contributed by atoms with van der Waals surface area (Å²) >= 11 is 0.